The lowest BCUT2D eigenvalue weighted by atomic mass is 10.0. The Morgan fingerprint density at radius 3 is 2.53 bits per heavy atom. The zero-order valence-corrected chi connectivity index (χ0v) is 11.1. The highest BCUT2D eigenvalue weighted by atomic mass is 19.1. The van der Waals surface area contributed by atoms with E-state index >= 15 is 0 Å². The van der Waals surface area contributed by atoms with Crippen LogP contribution in [0.3, 0.4) is 0 Å². The molecule has 2 rings (SSSR count). The molecule has 0 aliphatic rings. The highest BCUT2D eigenvalue weighted by Gasteiger charge is 2.10. The molecule has 3 heteroatoms. The van der Waals surface area contributed by atoms with Gasteiger partial charge in [-0.15, -0.1) is 0 Å². The molecule has 1 aromatic carbocycles. The van der Waals surface area contributed by atoms with Crippen molar-refractivity contribution < 1.29 is 4.39 Å². The first-order valence-electron chi connectivity index (χ1n) is 6.65. The van der Waals surface area contributed by atoms with Gasteiger partial charge in [-0.2, -0.15) is 0 Å². The molecule has 100 valence electrons. The van der Waals surface area contributed by atoms with E-state index in [1.807, 2.05) is 36.5 Å². The van der Waals surface area contributed by atoms with Crippen LogP contribution in [0.25, 0.3) is 0 Å². The Labute approximate surface area is 113 Å². The molecule has 0 aliphatic carbocycles. The second-order valence-corrected chi connectivity index (χ2v) is 4.61. The fourth-order valence-electron chi connectivity index (χ4n) is 2.18. The molecule has 19 heavy (non-hydrogen) atoms. The van der Waals surface area contributed by atoms with E-state index in [1.54, 1.807) is 0 Å². The van der Waals surface area contributed by atoms with Crippen molar-refractivity contribution >= 4 is 0 Å². The van der Waals surface area contributed by atoms with Gasteiger partial charge in [-0.25, -0.2) is 4.39 Å². The third-order valence-electron chi connectivity index (χ3n) is 3.07. The number of nitrogens with zero attached hydrogens (tertiary/aromatic N) is 1. The zero-order valence-electron chi connectivity index (χ0n) is 11.1. The molecule has 2 aromatic rings. The quantitative estimate of drug-likeness (QED) is 0.861. The summed E-state index contributed by atoms with van der Waals surface area (Å²) in [6.07, 6.45) is 3.58. The van der Waals surface area contributed by atoms with Gasteiger partial charge in [0.15, 0.2) is 0 Å². The molecule has 2 nitrogen and oxygen atoms in total. The highest BCUT2D eigenvalue weighted by molar-refractivity contribution is 5.18. The third kappa shape index (κ3) is 4.45. The van der Waals surface area contributed by atoms with Crippen molar-refractivity contribution in [3.05, 3.63) is 65.7 Å². The van der Waals surface area contributed by atoms with E-state index in [1.165, 1.54) is 12.1 Å². The standard InChI is InChI=1S/C16H19FN2/c1-2-18-16(12-15-5-3-4-10-19-15)11-13-6-8-14(17)9-7-13/h3-10,16,18H,2,11-12H2,1H3. The van der Waals surface area contributed by atoms with Gasteiger partial charge in [-0.1, -0.05) is 25.1 Å². The highest BCUT2D eigenvalue weighted by Crippen LogP contribution is 2.09. The van der Waals surface area contributed by atoms with Crippen molar-refractivity contribution in [3.8, 4) is 0 Å². The maximum atomic E-state index is 12.9. The summed E-state index contributed by atoms with van der Waals surface area (Å²) in [5, 5.41) is 3.46. The monoisotopic (exact) mass is 258 g/mol. The van der Waals surface area contributed by atoms with Crippen LogP contribution < -0.4 is 5.32 Å². The van der Waals surface area contributed by atoms with Crippen LogP contribution in [0.1, 0.15) is 18.2 Å². The molecular weight excluding hydrogens is 239 g/mol. The molecule has 0 fully saturated rings. The first-order chi connectivity index (χ1) is 9.28. The summed E-state index contributed by atoms with van der Waals surface area (Å²) in [6.45, 7) is 3.01. The van der Waals surface area contributed by atoms with E-state index in [0.29, 0.717) is 6.04 Å². The minimum atomic E-state index is -0.187. The van der Waals surface area contributed by atoms with E-state index in [0.717, 1.165) is 30.6 Å². The number of nitrogens with one attached hydrogen (secondary N) is 1. The smallest absolute Gasteiger partial charge is 0.123 e. The number of halogens is 1. The molecule has 1 atom stereocenters. The summed E-state index contributed by atoms with van der Waals surface area (Å²) in [5.74, 6) is -0.187. The Balaban J connectivity index is 2.01. The van der Waals surface area contributed by atoms with Crippen molar-refractivity contribution in [2.24, 2.45) is 0 Å². The van der Waals surface area contributed by atoms with Crippen LogP contribution in [0, 0.1) is 5.82 Å². The summed E-state index contributed by atoms with van der Waals surface area (Å²) in [4.78, 5) is 4.36. The van der Waals surface area contributed by atoms with Crippen LogP contribution in [0.2, 0.25) is 0 Å². The average molecular weight is 258 g/mol. The van der Waals surface area contributed by atoms with Crippen LogP contribution in [0.5, 0.6) is 0 Å². The molecule has 1 aromatic heterocycles. The number of hydrogen-bond donors (Lipinski definition) is 1. The van der Waals surface area contributed by atoms with Crippen molar-refractivity contribution in [2.45, 2.75) is 25.8 Å². The average Bonchev–Trinajstić information content (AvgIpc) is 2.43. The van der Waals surface area contributed by atoms with Gasteiger partial charge in [0.05, 0.1) is 0 Å². The van der Waals surface area contributed by atoms with Crippen LogP contribution in [0.15, 0.2) is 48.7 Å². The third-order valence-corrected chi connectivity index (χ3v) is 3.07. The first-order valence-corrected chi connectivity index (χ1v) is 6.65. The van der Waals surface area contributed by atoms with Crippen LogP contribution in [-0.2, 0) is 12.8 Å². The van der Waals surface area contributed by atoms with E-state index in [4.69, 9.17) is 0 Å². The van der Waals surface area contributed by atoms with Crippen LogP contribution >= 0.6 is 0 Å². The Bertz CT molecular complexity index is 482. The number of pyridine rings is 1. The molecule has 1 unspecified atom stereocenters. The summed E-state index contributed by atoms with van der Waals surface area (Å²) in [6, 6.07) is 13.0. The molecule has 1 heterocycles. The maximum Gasteiger partial charge on any atom is 0.123 e. The second-order valence-electron chi connectivity index (χ2n) is 4.61. The van der Waals surface area contributed by atoms with Crippen molar-refractivity contribution in [3.63, 3.8) is 0 Å². The van der Waals surface area contributed by atoms with E-state index in [9.17, 15) is 4.39 Å². The predicted octanol–water partition coefficient (Wildman–Crippen LogP) is 2.98. The maximum absolute atomic E-state index is 12.9. The van der Waals surface area contributed by atoms with Gasteiger partial charge in [-0.3, -0.25) is 4.98 Å². The largest absolute Gasteiger partial charge is 0.314 e. The van der Waals surface area contributed by atoms with Crippen molar-refractivity contribution in [1.82, 2.24) is 10.3 Å². The molecule has 0 radical (unpaired) electrons. The summed E-state index contributed by atoms with van der Waals surface area (Å²) in [7, 11) is 0. The summed E-state index contributed by atoms with van der Waals surface area (Å²) in [5.41, 5.74) is 2.22. The molecule has 0 saturated carbocycles. The fraction of sp³-hybridized carbons (Fsp3) is 0.312. The number of hydrogen-bond acceptors (Lipinski definition) is 2. The number of aromatic nitrogens is 1. The van der Waals surface area contributed by atoms with Gasteiger partial charge in [0, 0.05) is 24.4 Å². The van der Waals surface area contributed by atoms with Gasteiger partial charge >= 0.3 is 0 Å². The molecule has 0 saturated heterocycles. The molecule has 1 N–H and O–H groups in total. The zero-order chi connectivity index (χ0) is 13.5. The first kappa shape index (κ1) is 13.7. The minimum absolute atomic E-state index is 0.187. The van der Waals surface area contributed by atoms with E-state index in [-0.39, 0.29) is 5.82 Å². The van der Waals surface area contributed by atoms with Crippen LogP contribution in [0.4, 0.5) is 4.39 Å². The number of likely N-dealkylation sites (N-methyl/N-ethyl adjacent to an activating group) is 1. The normalized spacial score (nSPS) is 12.3. The second kappa shape index (κ2) is 7.00. The Kier molecular flexibility index (Phi) is 5.04. The number of benzene rings is 1. The van der Waals surface area contributed by atoms with Gasteiger partial charge < -0.3 is 5.32 Å². The summed E-state index contributed by atoms with van der Waals surface area (Å²) < 4.78 is 12.9. The summed E-state index contributed by atoms with van der Waals surface area (Å²) >= 11 is 0. The Morgan fingerprint density at radius 2 is 1.89 bits per heavy atom. The van der Waals surface area contributed by atoms with Gasteiger partial charge in [0.25, 0.3) is 0 Å². The van der Waals surface area contributed by atoms with E-state index in [2.05, 4.69) is 17.2 Å². The Morgan fingerprint density at radius 1 is 1.11 bits per heavy atom. The number of rotatable bonds is 6. The topological polar surface area (TPSA) is 24.9 Å². The fourth-order valence-corrected chi connectivity index (χ4v) is 2.18. The van der Waals surface area contributed by atoms with E-state index < -0.39 is 0 Å². The SMILES string of the molecule is CCNC(Cc1ccc(F)cc1)Cc1ccccn1. The van der Waals surface area contributed by atoms with Gasteiger partial charge in [0.1, 0.15) is 5.82 Å². The molecule has 0 amide bonds. The molecule has 0 spiro atoms. The van der Waals surface area contributed by atoms with Gasteiger partial charge in [-0.05, 0) is 42.8 Å². The molecule has 0 bridgehead atoms. The Hall–Kier alpha value is -1.74. The van der Waals surface area contributed by atoms with Crippen molar-refractivity contribution in [1.29, 1.82) is 0 Å². The lowest BCUT2D eigenvalue weighted by Gasteiger charge is -2.17. The molecule has 0 aliphatic heterocycles. The lowest BCUT2D eigenvalue weighted by Crippen LogP contribution is -2.33. The lowest BCUT2D eigenvalue weighted by molar-refractivity contribution is 0.516. The molecular formula is C16H19FN2. The van der Waals surface area contributed by atoms with Crippen LogP contribution in [-0.4, -0.2) is 17.6 Å². The minimum Gasteiger partial charge on any atom is -0.314 e. The van der Waals surface area contributed by atoms with Crippen molar-refractivity contribution in [2.75, 3.05) is 6.54 Å². The predicted molar refractivity (Wildman–Crippen MR) is 75.5 cm³/mol. The van der Waals surface area contributed by atoms with Gasteiger partial charge in [0.2, 0.25) is 0 Å².